The molecule has 0 fully saturated rings. The highest BCUT2D eigenvalue weighted by atomic mass is 19.1. The number of halogens is 1. The van der Waals surface area contributed by atoms with Gasteiger partial charge < -0.3 is 4.74 Å². The zero-order chi connectivity index (χ0) is 9.14. The van der Waals surface area contributed by atoms with E-state index in [9.17, 15) is 4.39 Å². The summed E-state index contributed by atoms with van der Waals surface area (Å²) in [5.41, 5.74) is 0. The van der Waals surface area contributed by atoms with Crippen LogP contribution < -0.4 is 0 Å². The molecule has 1 aliphatic rings. The van der Waals surface area contributed by atoms with E-state index in [0.29, 0.717) is 12.2 Å². The van der Waals surface area contributed by atoms with Gasteiger partial charge in [0.2, 0.25) is 0 Å². The average molecular weight is 170 g/mol. The van der Waals surface area contributed by atoms with Crippen molar-refractivity contribution >= 4 is 0 Å². The summed E-state index contributed by atoms with van der Waals surface area (Å²) >= 11 is 0. The van der Waals surface area contributed by atoms with Crippen LogP contribution in [0.2, 0.25) is 0 Å². The average Bonchev–Trinajstić information content (AvgIpc) is 1.81. The van der Waals surface area contributed by atoms with Crippen LogP contribution in [0.3, 0.4) is 0 Å². The number of hydrogen-bond acceptors (Lipinski definition) is 1. The summed E-state index contributed by atoms with van der Waals surface area (Å²) in [6.45, 7) is 5.86. The Balaban J connectivity index is 2.63. The fourth-order valence-electron chi connectivity index (χ4n) is 1.25. The van der Waals surface area contributed by atoms with Crippen molar-refractivity contribution in [2.24, 2.45) is 5.92 Å². The van der Waals surface area contributed by atoms with Crippen molar-refractivity contribution in [2.75, 3.05) is 0 Å². The molecular formula is C10H15FO. The standard InChI is InChI=1S/C10H15FO/c1-7(2)12-10-5-8(3)4-9(11)6-10/h5-8H,4H2,1-3H3. The van der Waals surface area contributed by atoms with E-state index >= 15 is 0 Å². The van der Waals surface area contributed by atoms with Gasteiger partial charge in [-0.1, -0.05) is 6.92 Å². The largest absolute Gasteiger partial charge is 0.491 e. The van der Waals surface area contributed by atoms with Crippen LogP contribution in [0.15, 0.2) is 23.7 Å². The van der Waals surface area contributed by atoms with Crippen molar-refractivity contribution < 1.29 is 9.13 Å². The third-order valence-corrected chi connectivity index (χ3v) is 1.64. The van der Waals surface area contributed by atoms with Gasteiger partial charge in [0.15, 0.2) is 0 Å². The Morgan fingerprint density at radius 2 is 2.25 bits per heavy atom. The molecular weight excluding hydrogens is 155 g/mol. The Hall–Kier alpha value is -0.790. The van der Waals surface area contributed by atoms with Crippen LogP contribution in [0, 0.1) is 5.92 Å². The molecule has 0 bridgehead atoms. The third kappa shape index (κ3) is 2.68. The molecule has 0 N–H and O–H groups in total. The lowest BCUT2D eigenvalue weighted by atomic mass is 10.0. The molecule has 1 aliphatic carbocycles. The lowest BCUT2D eigenvalue weighted by Crippen LogP contribution is -2.06. The van der Waals surface area contributed by atoms with Crippen LogP contribution in [0.1, 0.15) is 27.2 Å². The second-order valence-electron chi connectivity index (χ2n) is 3.51. The van der Waals surface area contributed by atoms with Crippen molar-refractivity contribution in [3.8, 4) is 0 Å². The fourth-order valence-corrected chi connectivity index (χ4v) is 1.25. The van der Waals surface area contributed by atoms with Crippen molar-refractivity contribution in [2.45, 2.75) is 33.3 Å². The molecule has 0 radical (unpaired) electrons. The Morgan fingerprint density at radius 1 is 1.58 bits per heavy atom. The van der Waals surface area contributed by atoms with Crippen LogP contribution in [-0.4, -0.2) is 6.10 Å². The van der Waals surface area contributed by atoms with Gasteiger partial charge in [0.05, 0.1) is 6.10 Å². The third-order valence-electron chi connectivity index (χ3n) is 1.64. The maximum Gasteiger partial charge on any atom is 0.118 e. The molecule has 0 aromatic heterocycles. The lowest BCUT2D eigenvalue weighted by molar-refractivity contribution is 0.153. The Morgan fingerprint density at radius 3 is 2.75 bits per heavy atom. The highest BCUT2D eigenvalue weighted by Gasteiger charge is 2.12. The molecule has 0 aliphatic heterocycles. The Bertz CT molecular complexity index is 216. The number of allylic oxidation sites excluding steroid dienone is 3. The smallest absolute Gasteiger partial charge is 0.118 e. The summed E-state index contributed by atoms with van der Waals surface area (Å²) in [6.07, 6.45) is 4.05. The predicted molar refractivity (Wildman–Crippen MR) is 47.3 cm³/mol. The SMILES string of the molecule is CC1C=C(OC(C)C)C=C(F)C1. The van der Waals surface area contributed by atoms with Gasteiger partial charge in [-0.25, -0.2) is 4.39 Å². The minimum absolute atomic E-state index is 0.0827. The van der Waals surface area contributed by atoms with Gasteiger partial charge in [-0.3, -0.25) is 0 Å². The summed E-state index contributed by atoms with van der Waals surface area (Å²) in [4.78, 5) is 0. The van der Waals surface area contributed by atoms with E-state index in [2.05, 4.69) is 0 Å². The zero-order valence-electron chi connectivity index (χ0n) is 7.80. The van der Waals surface area contributed by atoms with E-state index in [1.54, 1.807) is 0 Å². The van der Waals surface area contributed by atoms with Gasteiger partial charge >= 0.3 is 0 Å². The van der Waals surface area contributed by atoms with Crippen molar-refractivity contribution in [3.63, 3.8) is 0 Å². The molecule has 0 saturated carbocycles. The van der Waals surface area contributed by atoms with Crippen LogP contribution in [0.4, 0.5) is 4.39 Å². The molecule has 0 saturated heterocycles. The quantitative estimate of drug-likeness (QED) is 0.618. The van der Waals surface area contributed by atoms with Gasteiger partial charge in [0.25, 0.3) is 0 Å². The molecule has 0 aromatic rings. The first kappa shape index (κ1) is 9.30. The number of hydrogen-bond donors (Lipinski definition) is 0. The summed E-state index contributed by atoms with van der Waals surface area (Å²) in [5, 5.41) is 0. The minimum Gasteiger partial charge on any atom is -0.491 e. The summed E-state index contributed by atoms with van der Waals surface area (Å²) in [7, 11) is 0. The minimum atomic E-state index is -0.0827. The normalized spacial score (nSPS) is 23.6. The second kappa shape index (κ2) is 3.74. The maximum absolute atomic E-state index is 12.9. The first-order valence-electron chi connectivity index (χ1n) is 4.32. The molecule has 1 nitrogen and oxygen atoms in total. The van der Waals surface area contributed by atoms with E-state index in [1.807, 2.05) is 26.8 Å². The van der Waals surface area contributed by atoms with Gasteiger partial charge in [-0.15, -0.1) is 0 Å². The highest BCUT2D eigenvalue weighted by Crippen LogP contribution is 2.24. The molecule has 2 heteroatoms. The topological polar surface area (TPSA) is 9.23 Å². The van der Waals surface area contributed by atoms with E-state index in [-0.39, 0.29) is 17.8 Å². The fraction of sp³-hybridized carbons (Fsp3) is 0.600. The van der Waals surface area contributed by atoms with Crippen LogP contribution >= 0.6 is 0 Å². The van der Waals surface area contributed by atoms with Crippen LogP contribution in [-0.2, 0) is 4.74 Å². The number of ether oxygens (including phenoxy) is 1. The van der Waals surface area contributed by atoms with Gasteiger partial charge in [0, 0.05) is 12.5 Å². The summed E-state index contributed by atoms with van der Waals surface area (Å²) < 4.78 is 18.3. The lowest BCUT2D eigenvalue weighted by Gasteiger charge is -2.17. The van der Waals surface area contributed by atoms with Crippen LogP contribution in [0.5, 0.6) is 0 Å². The van der Waals surface area contributed by atoms with Crippen LogP contribution in [0.25, 0.3) is 0 Å². The predicted octanol–water partition coefficient (Wildman–Crippen LogP) is 3.19. The van der Waals surface area contributed by atoms with Crippen molar-refractivity contribution in [3.05, 3.63) is 23.7 Å². The molecule has 0 aromatic carbocycles. The van der Waals surface area contributed by atoms with Gasteiger partial charge in [-0.2, -0.15) is 0 Å². The molecule has 0 spiro atoms. The summed E-state index contributed by atoms with van der Waals surface area (Å²) in [6, 6.07) is 0. The van der Waals surface area contributed by atoms with Gasteiger partial charge in [-0.05, 0) is 25.8 Å². The molecule has 1 atom stereocenters. The Kier molecular flexibility index (Phi) is 2.90. The van der Waals surface area contributed by atoms with Crippen molar-refractivity contribution in [1.29, 1.82) is 0 Å². The van der Waals surface area contributed by atoms with E-state index in [0.717, 1.165) is 0 Å². The first-order chi connectivity index (χ1) is 5.58. The molecule has 1 unspecified atom stereocenters. The first-order valence-corrected chi connectivity index (χ1v) is 4.32. The molecule has 0 heterocycles. The van der Waals surface area contributed by atoms with E-state index in [4.69, 9.17) is 4.74 Å². The van der Waals surface area contributed by atoms with E-state index < -0.39 is 0 Å². The zero-order valence-corrected chi connectivity index (χ0v) is 7.80. The molecule has 12 heavy (non-hydrogen) atoms. The molecule has 0 amide bonds. The second-order valence-corrected chi connectivity index (χ2v) is 3.51. The van der Waals surface area contributed by atoms with E-state index in [1.165, 1.54) is 6.08 Å². The highest BCUT2D eigenvalue weighted by molar-refractivity contribution is 5.21. The maximum atomic E-state index is 12.9. The molecule has 1 rings (SSSR count). The number of rotatable bonds is 2. The summed E-state index contributed by atoms with van der Waals surface area (Å²) in [5.74, 6) is 0.839. The van der Waals surface area contributed by atoms with Crippen molar-refractivity contribution in [1.82, 2.24) is 0 Å². The Labute approximate surface area is 72.9 Å². The van der Waals surface area contributed by atoms with Gasteiger partial charge in [0.1, 0.15) is 11.6 Å². The monoisotopic (exact) mass is 170 g/mol. The molecule has 68 valence electrons.